The Bertz CT molecular complexity index is 658. The third kappa shape index (κ3) is 7.95. The molecule has 1 aliphatic rings. The fourth-order valence-corrected chi connectivity index (χ4v) is 3.61. The van der Waals surface area contributed by atoms with Gasteiger partial charge in [0.05, 0.1) is 6.10 Å². The SMILES string of the molecule is CN=C(NCc1cccc(NC(C)=O)c1)NCC1CCCOC1C(C)(C)C.I. The molecule has 0 saturated carbocycles. The zero-order valence-electron chi connectivity index (χ0n) is 17.7. The molecular formula is C21H35IN4O2. The first kappa shape index (κ1) is 24.7. The standard InChI is InChI=1S/C21H34N4O2.HI/c1-15(26)25-18-10-6-8-16(12-18)13-23-20(22-5)24-14-17-9-7-11-27-19(17)21(2,3)4;/h6,8,10,12,17,19H,7,9,11,13-14H2,1-5H3,(H,25,26)(H2,22,23,24);1H. The van der Waals surface area contributed by atoms with E-state index in [0.717, 1.165) is 36.8 Å². The molecule has 158 valence electrons. The summed E-state index contributed by atoms with van der Waals surface area (Å²) in [5.41, 5.74) is 2.02. The van der Waals surface area contributed by atoms with Crippen LogP contribution in [0.3, 0.4) is 0 Å². The summed E-state index contributed by atoms with van der Waals surface area (Å²) in [7, 11) is 1.78. The molecule has 28 heavy (non-hydrogen) atoms. The third-order valence-electron chi connectivity index (χ3n) is 4.76. The number of benzene rings is 1. The lowest BCUT2D eigenvalue weighted by Crippen LogP contribution is -2.47. The first-order chi connectivity index (χ1) is 12.8. The lowest BCUT2D eigenvalue weighted by atomic mass is 9.78. The summed E-state index contributed by atoms with van der Waals surface area (Å²) in [6.07, 6.45) is 2.54. The number of anilines is 1. The summed E-state index contributed by atoms with van der Waals surface area (Å²) in [5, 5.41) is 9.60. The average Bonchev–Trinajstić information content (AvgIpc) is 2.61. The van der Waals surface area contributed by atoms with Crippen LogP contribution < -0.4 is 16.0 Å². The highest BCUT2D eigenvalue weighted by Crippen LogP contribution is 2.33. The first-order valence-electron chi connectivity index (χ1n) is 9.72. The molecule has 2 atom stereocenters. The molecule has 7 heteroatoms. The largest absolute Gasteiger partial charge is 0.377 e. The topological polar surface area (TPSA) is 74.8 Å². The minimum atomic E-state index is -0.0688. The van der Waals surface area contributed by atoms with Crippen LogP contribution >= 0.6 is 24.0 Å². The van der Waals surface area contributed by atoms with Crippen molar-refractivity contribution in [2.75, 3.05) is 25.5 Å². The smallest absolute Gasteiger partial charge is 0.221 e. The molecule has 1 saturated heterocycles. The predicted molar refractivity (Wildman–Crippen MR) is 126 cm³/mol. The third-order valence-corrected chi connectivity index (χ3v) is 4.76. The second-order valence-corrected chi connectivity index (χ2v) is 8.25. The van der Waals surface area contributed by atoms with Crippen LogP contribution in [0.1, 0.15) is 46.1 Å². The van der Waals surface area contributed by atoms with Crippen molar-refractivity contribution in [2.45, 2.75) is 53.2 Å². The van der Waals surface area contributed by atoms with E-state index in [9.17, 15) is 4.79 Å². The number of aliphatic imine (C=N–C) groups is 1. The maximum Gasteiger partial charge on any atom is 0.221 e. The number of rotatable bonds is 5. The van der Waals surface area contributed by atoms with Crippen molar-refractivity contribution in [3.63, 3.8) is 0 Å². The van der Waals surface area contributed by atoms with Gasteiger partial charge in [-0.05, 0) is 36.0 Å². The molecule has 2 unspecified atom stereocenters. The van der Waals surface area contributed by atoms with Crippen LogP contribution in [0.25, 0.3) is 0 Å². The lowest BCUT2D eigenvalue weighted by molar-refractivity contribution is -0.114. The van der Waals surface area contributed by atoms with Crippen molar-refractivity contribution in [3.8, 4) is 0 Å². The molecule has 1 fully saturated rings. The van der Waals surface area contributed by atoms with Crippen LogP contribution in [0.5, 0.6) is 0 Å². The van der Waals surface area contributed by atoms with Crippen molar-refractivity contribution in [1.29, 1.82) is 0 Å². The monoisotopic (exact) mass is 502 g/mol. The van der Waals surface area contributed by atoms with E-state index >= 15 is 0 Å². The number of nitrogens with zero attached hydrogens (tertiary/aromatic N) is 1. The highest BCUT2D eigenvalue weighted by Gasteiger charge is 2.35. The number of halogens is 1. The van der Waals surface area contributed by atoms with E-state index < -0.39 is 0 Å². The lowest BCUT2D eigenvalue weighted by Gasteiger charge is -2.40. The van der Waals surface area contributed by atoms with Gasteiger partial charge in [0.2, 0.25) is 5.91 Å². The summed E-state index contributed by atoms with van der Waals surface area (Å²) >= 11 is 0. The summed E-state index contributed by atoms with van der Waals surface area (Å²) in [4.78, 5) is 15.5. The van der Waals surface area contributed by atoms with Crippen molar-refractivity contribution in [1.82, 2.24) is 10.6 Å². The molecule has 0 spiro atoms. The molecule has 1 aromatic rings. The summed E-state index contributed by atoms with van der Waals surface area (Å²) in [6, 6.07) is 7.81. The second kappa shape index (κ2) is 11.6. The number of hydrogen-bond acceptors (Lipinski definition) is 3. The maximum absolute atomic E-state index is 11.2. The van der Waals surface area contributed by atoms with E-state index in [0.29, 0.717) is 12.5 Å². The van der Waals surface area contributed by atoms with Crippen LogP contribution in [-0.2, 0) is 16.1 Å². The van der Waals surface area contributed by atoms with Gasteiger partial charge in [-0.3, -0.25) is 9.79 Å². The van der Waals surface area contributed by atoms with Crippen molar-refractivity contribution in [2.24, 2.45) is 16.3 Å². The van der Waals surface area contributed by atoms with Gasteiger partial charge < -0.3 is 20.7 Å². The molecule has 0 bridgehead atoms. The van der Waals surface area contributed by atoms with Crippen LogP contribution in [0.4, 0.5) is 5.69 Å². The van der Waals surface area contributed by atoms with E-state index in [4.69, 9.17) is 4.74 Å². The number of carbonyl (C=O) groups excluding carboxylic acids is 1. The average molecular weight is 502 g/mol. The summed E-state index contributed by atoms with van der Waals surface area (Å²) < 4.78 is 6.06. The van der Waals surface area contributed by atoms with Crippen LogP contribution in [-0.4, -0.2) is 38.2 Å². The fourth-order valence-electron chi connectivity index (χ4n) is 3.61. The normalized spacial score (nSPS) is 20.1. The second-order valence-electron chi connectivity index (χ2n) is 8.25. The Morgan fingerprint density at radius 2 is 2.04 bits per heavy atom. The van der Waals surface area contributed by atoms with E-state index in [1.807, 2.05) is 24.3 Å². The Balaban J connectivity index is 0.00000392. The van der Waals surface area contributed by atoms with E-state index in [2.05, 4.69) is 41.7 Å². The minimum Gasteiger partial charge on any atom is -0.377 e. The van der Waals surface area contributed by atoms with E-state index in [1.54, 1.807) is 7.05 Å². The van der Waals surface area contributed by atoms with Crippen LogP contribution in [0.15, 0.2) is 29.3 Å². The maximum atomic E-state index is 11.2. The van der Waals surface area contributed by atoms with Gasteiger partial charge in [0.15, 0.2) is 5.96 Å². The van der Waals surface area contributed by atoms with Crippen LogP contribution in [0, 0.1) is 11.3 Å². The Labute approximate surface area is 186 Å². The number of carbonyl (C=O) groups is 1. The molecule has 1 aromatic carbocycles. The molecule has 1 heterocycles. The number of nitrogens with one attached hydrogen (secondary N) is 3. The molecule has 0 radical (unpaired) electrons. The zero-order chi connectivity index (χ0) is 19.9. The zero-order valence-corrected chi connectivity index (χ0v) is 20.0. The number of hydrogen-bond donors (Lipinski definition) is 3. The number of amides is 1. The van der Waals surface area contributed by atoms with Gasteiger partial charge in [-0.1, -0.05) is 32.9 Å². The van der Waals surface area contributed by atoms with Crippen molar-refractivity contribution < 1.29 is 9.53 Å². The van der Waals surface area contributed by atoms with Gasteiger partial charge >= 0.3 is 0 Å². The highest BCUT2D eigenvalue weighted by atomic mass is 127. The molecule has 2 rings (SSSR count). The van der Waals surface area contributed by atoms with Crippen molar-refractivity contribution in [3.05, 3.63) is 29.8 Å². The molecule has 6 nitrogen and oxygen atoms in total. The van der Waals surface area contributed by atoms with E-state index in [1.165, 1.54) is 13.3 Å². The Morgan fingerprint density at radius 3 is 2.68 bits per heavy atom. The summed E-state index contributed by atoms with van der Waals surface area (Å²) in [5.74, 6) is 1.18. The first-order valence-corrected chi connectivity index (χ1v) is 9.72. The van der Waals surface area contributed by atoms with Gasteiger partial charge in [-0.25, -0.2) is 0 Å². The van der Waals surface area contributed by atoms with Gasteiger partial charge in [0, 0.05) is 45.3 Å². The van der Waals surface area contributed by atoms with Gasteiger partial charge in [-0.2, -0.15) is 0 Å². The van der Waals surface area contributed by atoms with Gasteiger partial charge in [0.25, 0.3) is 0 Å². The Kier molecular flexibility index (Phi) is 10.2. The fraction of sp³-hybridized carbons (Fsp3) is 0.619. The van der Waals surface area contributed by atoms with Gasteiger partial charge in [-0.15, -0.1) is 24.0 Å². The van der Waals surface area contributed by atoms with Crippen LogP contribution in [0.2, 0.25) is 0 Å². The van der Waals surface area contributed by atoms with E-state index in [-0.39, 0.29) is 41.4 Å². The Hall–Kier alpha value is -1.35. The molecular weight excluding hydrogens is 467 g/mol. The number of ether oxygens (including phenoxy) is 1. The highest BCUT2D eigenvalue weighted by molar-refractivity contribution is 14.0. The Morgan fingerprint density at radius 1 is 1.29 bits per heavy atom. The number of guanidine groups is 1. The quantitative estimate of drug-likeness (QED) is 0.326. The molecule has 0 aromatic heterocycles. The minimum absolute atomic E-state index is 0. The molecule has 1 amide bonds. The van der Waals surface area contributed by atoms with Gasteiger partial charge in [0.1, 0.15) is 0 Å². The predicted octanol–water partition coefficient (Wildman–Crippen LogP) is 3.77. The van der Waals surface area contributed by atoms with Crippen molar-refractivity contribution >= 4 is 41.5 Å². The molecule has 0 aliphatic carbocycles. The molecule has 1 aliphatic heterocycles. The molecule has 3 N–H and O–H groups in total. The summed E-state index contributed by atoms with van der Waals surface area (Å²) in [6.45, 7) is 10.6.